The number of halogens is 4. The number of amides is 1. The molecule has 38 heavy (non-hydrogen) atoms. The highest BCUT2D eigenvalue weighted by Crippen LogP contribution is 2.44. The maximum Gasteiger partial charge on any atom is 0.416 e. The minimum absolute atomic E-state index is 0.00907. The van der Waals surface area contributed by atoms with Gasteiger partial charge in [-0.25, -0.2) is 4.39 Å². The summed E-state index contributed by atoms with van der Waals surface area (Å²) < 4.78 is 64.2. The minimum atomic E-state index is -4.60. The Kier molecular flexibility index (Phi) is 7.43. The lowest BCUT2D eigenvalue weighted by Gasteiger charge is -2.26. The molecular weight excluding hydrogens is 506 g/mol. The molecule has 6 nitrogen and oxygen atoms in total. The van der Waals surface area contributed by atoms with Gasteiger partial charge in [0.05, 0.1) is 36.0 Å². The fourth-order valence-electron chi connectivity index (χ4n) is 4.25. The second-order valence-electron chi connectivity index (χ2n) is 8.29. The second kappa shape index (κ2) is 10.6. The number of ether oxygens (including phenoxy) is 2. The molecule has 1 atom stereocenters. The Morgan fingerprint density at radius 1 is 0.921 bits per heavy atom. The van der Waals surface area contributed by atoms with Crippen molar-refractivity contribution in [2.24, 2.45) is 0 Å². The monoisotopic (exact) mass is 529 g/mol. The van der Waals surface area contributed by atoms with Gasteiger partial charge >= 0.3 is 6.18 Å². The molecule has 1 saturated heterocycles. The molecule has 198 valence electrons. The number of carbonyl (C=O) groups is 2. The summed E-state index contributed by atoms with van der Waals surface area (Å²) in [5, 5.41) is 11.4. The van der Waals surface area contributed by atoms with Crippen LogP contribution in [0.15, 0.2) is 72.3 Å². The van der Waals surface area contributed by atoms with Gasteiger partial charge in [0.2, 0.25) is 0 Å². The zero-order valence-electron chi connectivity index (χ0n) is 20.4. The molecule has 1 fully saturated rings. The quantitative estimate of drug-likeness (QED) is 0.169. The van der Waals surface area contributed by atoms with E-state index >= 15 is 0 Å². The average Bonchev–Trinajstić information content (AvgIpc) is 3.14. The highest BCUT2D eigenvalue weighted by molar-refractivity contribution is 6.51. The molecule has 1 unspecified atom stereocenters. The van der Waals surface area contributed by atoms with Crippen LogP contribution in [0.5, 0.6) is 11.5 Å². The van der Waals surface area contributed by atoms with E-state index in [0.29, 0.717) is 12.4 Å². The molecule has 1 heterocycles. The molecule has 4 rings (SSSR count). The molecule has 3 aromatic carbocycles. The average molecular weight is 529 g/mol. The summed E-state index contributed by atoms with van der Waals surface area (Å²) in [4.78, 5) is 27.5. The van der Waals surface area contributed by atoms with Crippen molar-refractivity contribution in [1.82, 2.24) is 0 Å². The second-order valence-corrected chi connectivity index (χ2v) is 8.29. The summed E-state index contributed by atoms with van der Waals surface area (Å²) in [6, 6.07) is 11.9. The van der Waals surface area contributed by atoms with Crippen molar-refractivity contribution in [1.29, 1.82) is 0 Å². The fraction of sp³-hybridized carbons (Fsp3) is 0.214. The summed E-state index contributed by atoms with van der Waals surface area (Å²) in [7, 11) is 0. The lowest BCUT2D eigenvalue weighted by molar-refractivity contribution is -0.137. The van der Waals surface area contributed by atoms with Crippen molar-refractivity contribution in [3.8, 4) is 11.5 Å². The zero-order valence-corrected chi connectivity index (χ0v) is 20.4. The first-order valence-electron chi connectivity index (χ1n) is 11.7. The number of anilines is 1. The van der Waals surface area contributed by atoms with Crippen LogP contribution in [0.4, 0.5) is 23.2 Å². The van der Waals surface area contributed by atoms with E-state index in [-0.39, 0.29) is 34.7 Å². The number of benzene rings is 3. The molecule has 0 aromatic heterocycles. The summed E-state index contributed by atoms with van der Waals surface area (Å²) in [5.41, 5.74) is -0.910. The number of aliphatic hydroxyl groups is 1. The van der Waals surface area contributed by atoms with Crippen LogP contribution in [0.2, 0.25) is 0 Å². The summed E-state index contributed by atoms with van der Waals surface area (Å²) in [6.45, 7) is 4.11. The van der Waals surface area contributed by atoms with E-state index in [2.05, 4.69) is 0 Å². The fourth-order valence-corrected chi connectivity index (χ4v) is 4.25. The Bertz CT molecular complexity index is 1380. The maximum atomic E-state index is 13.7. The largest absolute Gasteiger partial charge is 0.507 e. The van der Waals surface area contributed by atoms with E-state index in [1.165, 1.54) is 24.3 Å². The van der Waals surface area contributed by atoms with Gasteiger partial charge in [0.15, 0.2) is 0 Å². The molecule has 0 saturated carbocycles. The lowest BCUT2D eigenvalue weighted by Crippen LogP contribution is -2.29. The summed E-state index contributed by atoms with van der Waals surface area (Å²) in [6.07, 6.45) is -4.60. The van der Waals surface area contributed by atoms with Gasteiger partial charge in [-0.15, -0.1) is 0 Å². The number of ketones is 1. The molecule has 1 N–H and O–H groups in total. The topological polar surface area (TPSA) is 76.1 Å². The van der Waals surface area contributed by atoms with Crippen LogP contribution < -0.4 is 14.4 Å². The molecule has 0 radical (unpaired) electrons. The van der Waals surface area contributed by atoms with Crippen LogP contribution in [0.3, 0.4) is 0 Å². The molecule has 10 heteroatoms. The molecular formula is C28H23F4NO5. The molecule has 1 aliphatic heterocycles. The van der Waals surface area contributed by atoms with Crippen LogP contribution >= 0.6 is 0 Å². The normalized spacial score (nSPS) is 17.1. The van der Waals surface area contributed by atoms with Crippen LogP contribution in [0, 0.1) is 5.82 Å². The Morgan fingerprint density at radius 3 is 2.13 bits per heavy atom. The molecule has 1 aliphatic rings. The Morgan fingerprint density at radius 2 is 1.55 bits per heavy atom. The van der Waals surface area contributed by atoms with Crippen molar-refractivity contribution in [2.45, 2.75) is 26.1 Å². The third kappa shape index (κ3) is 5.06. The number of hydrogen-bond acceptors (Lipinski definition) is 5. The number of hydrogen-bond donors (Lipinski definition) is 1. The van der Waals surface area contributed by atoms with Gasteiger partial charge in [-0.3, -0.25) is 14.5 Å². The highest BCUT2D eigenvalue weighted by Gasteiger charge is 2.47. The standard InChI is InChI=1S/C28H23F4NO5/c1-3-37-20-13-14-21(22(15-20)38-4-2)25(34)23-24(16-5-9-18(29)10-6-16)33(27(36)26(23)35)19-11-7-17(8-12-19)28(30,31)32/h5-15,24,34H,3-4H2,1-2H3/b25-23-. The van der Waals surface area contributed by atoms with Crippen LogP contribution in [-0.4, -0.2) is 30.0 Å². The van der Waals surface area contributed by atoms with Crippen molar-refractivity contribution < 1.29 is 41.7 Å². The number of rotatable bonds is 7. The van der Waals surface area contributed by atoms with Crippen molar-refractivity contribution in [2.75, 3.05) is 18.1 Å². The highest BCUT2D eigenvalue weighted by atomic mass is 19.4. The Labute approximate surface area is 215 Å². The molecule has 0 bridgehead atoms. The van der Waals surface area contributed by atoms with Gasteiger partial charge in [0.25, 0.3) is 11.7 Å². The molecule has 0 aliphatic carbocycles. The van der Waals surface area contributed by atoms with Gasteiger partial charge in [0, 0.05) is 11.8 Å². The predicted molar refractivity (Wildman–Crippen MR) is 131 cm³/mol. The third-order valence-electron chi connectivity index (χ3n) is 5.92. The van der Waals surface area contributed by atoms with E-state index in [4.69, 9.17) is 9.47 Å². The number of nitrogens with zero attached hydrogens (tertiary/aromatic N) is 1. The van der Waals surface area contributed by atoms with Gasteiger partial charge in [-0.2, -0.15) is 13.2 Å². The van der Waals surface area contributed by atoms with Gasteiger partial charge in [0.1, 0.15) is 23.1 Å². The first-order chi connectivity index (χ1) is 18.1. The zero-order chi connectivity index (χ0) is 27.6. The number of alkyl halides is 3. The van der Waals surface area contributed by atoms with Crippen molar-refractivity contribution in [3.63, 3.8) is 0 Å². The van der Waals surface area contributed by atoms with E-state index in [0.717, 1.165) is 41.3 Å². The van der Waals surface area contributed by atoms with E-state index in [9.17, 15) is 32.3 Å². The smallest absolute Gasteiger partial charge is 0.416 e. The first-order valence-corrected chi connectivity index (χ1v) is 11.7. The SMILES string of the molecule is CCOc1ccc(/C(O)=C2/C(=O)C(=O)N(c3ccc(C(F)(F)F)cc3)C2c2ccc(F)cc2)c(OCC)c1. The van der Waals surface area contributed by atoms with E-state index < -0.39 is 41.0 Å². The van der Waals surface area contributed by atoms with E-state index in [1.807, 2.05) is 0 Å². The third-order valence-corrected chi connectivity index (χ3v) is 5.92. The molecule has 1 amide bonds. The molecule has 3 aromatic rings. The number of Topliss-reactive ketones (excluding diaryl/α,β-unsaturated/α-hetero) is 1. The number of carbonyl (C=O) groups excluding carboxylic acids is 2. The van der Waals surface area contributed by atoms with Gasteiger partial charge < -0.3 is 14.6 Å². The Balaban J connectivity index is 1.91. The minimum Gasteiger partial charge on any atom is -0.507 e. The van der Waals surface area contributed by atoms with Crippen molar-refractivity contribution in [3.05, 3.63) is 94.8 Å². The van der Waals surface area contributed by atoms with Crippen LogP contribution in [-0.2, 0) is 15.8 Å². The van der Waals surface area contributed by atoms with Gasteiger partial charge in [-0.1, -0.05) is 12.1 Å². The van der Waals surface area contributed by atoms with E-state index in [1.54, 1.807) is 19.9 Å². The maximum absolute atomic E-state index is 13.7. The number of aliphatic hydroxyl groups excluding tert-OH is 1. The summed E-state index contributed by atoms with van der Waals surface area (Å²) in [5.74, 6) is -2.62. The Hall–Kier alpha value is -4.34. The first kappa shape index (κ1) is 26.7. The van der Waals surface area contributed by atoms with Crippen molar-refractivity contribution >= 4 is 23.1 Å². The van der Waals surface area contributed by atoms with Crippen LogP contribution in [0.25, 0.3) is 5.76 Å². The summed E-state index contributed by atoms with van der Waals surface area (Å²) >= 11 is 0. The lowest BCUT2D eigenvalue weighted by atomic mass is 9.94. The predicted octanol–water partition coefficient (Wildman–Crippen LogP) is 6.27. The van der Waals surface area contributed by atoms with Crippen LogP contribution in [0.1, 0.15) is 36.6 Å². The van der Waals surface area contributed by atoms with Gasteiger partial charge in [-0.05, 0) is 67.9 Å². The molecule has 0 spiro atoms.